The van der Waals surface area contributed by atoms with Crippen molar-refractivity contribution in [3.8, 4) is 0 Å². The second-order valence-electron chi connectivity index (χ2n) is 17.1. The summed E-state index contributed by atoms with van der Waals surface area (Å²) in [6, 6.07) is -4.14. The Morgan fingerprint density at radius 2 is 1.10 bits per heavy atom. The number of hydrogen-bond acceptors (Lipinski definition) is 16. The zero-order valence-electron chi connectivity index (χ0n) is 39.3. The molecule has 0 saturated carbocycles. The van der Waals surface area contributed by atoms with Gasteiger partial charge in [-0.25, -0.2) is 0 Å². The molecule has 11 atom stereocenters. The molecule has 1 aromatic rings. The molecule has 21 N–H and O–H groups in total. The molecule has 1 aliphatic heterocycles. The number of carbonyl (C=O) groups excluding carboxylic acids is 9. The van der Waals surface area contributed by atoms with Gasteiger partial charge in [-0.05, 0) is 90.0 Å². The highest BCUT2D eigenvalue weighted by molar-refractivity contribution is 5.98. The Kier molecular flexibility index (Phi) is 25.6. The zero-order chi connectivity index (χ0) is 51.1. The minimum atomic E-state index is -1.63. The summed E-state index contributed by atoms with van der Waals surface area (Å²) in [7, 11) is 0. The summed E-state index contributed by atoms with van der Waals surface area (Å²) < 4.78 is 0. The van der Waals surface area contributed by atoms with Crippen LogP contribution in [-0.2, 0) is 49.6 Å². The van der Waals surface area contributed by atoms with Crippen LogP contribution >= 0.6 is 0 Å². The van der Waals surface area contributed by atoms with Crippen molar-refractivity contribution in [2.75, 3.05) is 32.7 Å². The maximum Gasteiger partial charge on any atom is 0.245 e. The van der Waals surface area contributed by atoms with E-state index in [9.17, 15) is 53.4 Å². The molecule has 25 heteroatoms. The average Bonchev–Trinajstić information content (AvgIpc) is 3.28. The molecule has 1 saturated heterocycles. The van der Waals surface area contributed by atoms with E-state index in [0.29, 0.717) is 5.56 Å². The number of amides is 9. The third-order valence-electron chi connectivity index (χ3n) is 10.9. The van der Waals surface area contributed by atoms with Gasteiger partial charge in [0.25, 0.3) is 0 Å². The van der Waals surface area contributed by atoms with Gasteiger partial charge < -0.3 is 86.7 Å². The van der Waals surface area contributed by atoms with E-state index in [-0.39, 0.29) is 77.0 Å². The highest BCUT2D eigenvalue weighted by Gasteiger charge is 2.36. The number of carbonyl (C=O) groups is 9. The van der Waals surface area contributed by atoms with Crippen LogP contribution in [0.4, 0.5) is 0 Å². The first-order valence-corrected chi connectivity index (χ1v) is 22.8. The number of hydrogen-bond donors (Lipinski definition) is 16. The van der Waals surface area contributed by atoms with Crippen LogP contribution in [0.15, 0.2) is 30.3 Å². The van der Waals surface area contributed by atoms with Gasteiger partial charge >= 0.3 is 0 Å². The number of nitrogens with one attached hydrogen (secondary N) is 9. The zero-order valence-corrected chi connectivity index (χ0v) is 39.3. The molecule has 4 unspecified atom stereocenters. The van der Waals surface area contributed by atoms with Gasteiger partial charge in [-0.3, -0.25) is 43.2 Å². The summed E-state index contributed by atoms with van der Waals surface area (Å²) >= 11 is 0. The molecular formula is C43H74N14O11. The number of aliphatic hydroxyl groups is 2. The molecule has 2 rings (SSSR count). The summed E-state index contributed by atoms with van der Waals surface area (Å²) in [6.45, 7) is 5.20. The number of rotatable bonds is 18. The summed E-state index contributed by atoms with van der Waals surface area (Å²) in [5, 5.41) is 43.4. The first kappa shape index (κ1) is 58.3. The third kappa shape index (κ3) is 19.4. The first-order chi connectivity index (χ1) is 32.2. The van der Waals surface area contributed by atoms with Crippen LogP contribution < -0.4 is 76.5 Å². The summed E-state index contributed by atoms with van der Waals surface area (Å²) in [5.74, 6) is -8.14. The lowest BCUT2D eigenvalue weighted by atomic mass is 10.00. The Bertz CT molecular complexity index is 1840. The normalized spacial score (nSPS) is 24.9. The highest BCUT2D eigenvalue weighted by atomic mass is 16.3. The second kappa shape index (κ2) is 29.8. The van der Waals surface area contributed by atoms with Crippen LogP contribution in [0.25, 0.3) is 0 Å². The molecule has 9 amide bonds. The molecule has 25 nitrogen and oxygen atoms in total. The number of benzene rings is 1. The Hall–Kier alpha value is -5.83. The van der Waals surface area contributed by atoms with Crippen molar-refractivity contribution < 1.29 is 53.4 Å². The Labute approximate surface area is 396 Å². The minimum Gasteiger partial charge on any atom is -0.391 e. The maximum atomic E-state index is 14.2. The SMILES string of the molecule is CC(C)C[C@@H]1NC(=O)[C@@H](Cc2ccccc2)NC(=O)C(CCN)NC(=O)C(NC(=O)[C@H](CCN)NC(=O)[C@@H](N)[C@@H](C)O)CCNC(=O)C(C(C)O)NC(=O)[C@H](CCN)NC(=O)[C@H](CCN)NC1=O. The molecule has 68 heavy (non-hydrogen) atoms. The van der Waals surface area contributed by atoms with Crippen LogP contribution in [0.2, 0.25) is 0 Å². The van der Waals surface area contributed by atoms with Crippen LogP contribution in [0.5, 0.6) is 0 Å². The van der Waals surface area contributed by atoms with Crippen molar-refractivity contribution in [2.24, 2.45) is 34.6 Å². The first-order valence-electron chi connectivity index (χ1n) is 22.8. The fourth-order valence-corrected chi connectivity index (χ4v) is 7.00. The molecule has 1 aromatic carbocycles. The van der Waals surface area contributed by atoms with E-state index in [2.05, 4.69) is 47.9 Å². The largest absolute Gasteiger partial charge is 0.391 e. The fraction of sp³-hybridized carbons (Fsp3) is 0.651. The standard InChI is InChI=1S/C43H74N14O11/c1-22(2)20-31-40(65)52-26(10-15-44)35(60)51-29(13-18-47)39(64)57-34(24(4)59)43(68)49-19-14-30(53-36(61)28(12-17-46)54-42(67)33(48)23(3)58)38(63)50-27(11-16-45)37(62)56-32(41(66)55-31)21-25-8-6-5-7-9-25/h5-9,22-24,26-34,58-59H,10-21,44-48H2,1-4H3,(H,49,68)(H,50,63)(H,51,60)(H,52,65)(H,53,61)(H,54,67)(H,55,66)(H,56,62)(H,57,64)/t23-,24?,26+,27?,28+,29+,30?,31+,32-,33+,34?/m1/s1. The van der Waals surface area contributed by atoms with Gasteiger partial charge in [0, 0.05) is 13.0 Å². The highest BCUT2D eigenvalue weighted by Crippen LogP contribution is 2.11. The smallest absolute Gasteiger partial charge is 0.245 e. The van der Waals surface area contributed by atoms with Gasteiger partial charge in [-0.15, -0.1) is 0 Å². The van der Waals surface area contributed by atoms with E-state index in [4.69, 9.17) is 28.7 Å². The van der Waals surface area contributed by atoms with Crippen LogP contribution in [0.3, 0.4) is 0 Å². The van der Waals surface area contributed by atoms with Crippen molar-refractivity contribution >= 4 is 53.2 Å². The molecule has 382 valence electrons. The number of aliphatic hydroxyl groups excluding tert-OH is 2. The molecule has 1 fully saturated rings. The van der Waals surface area contributed by atoms with Crippen molar-refractivity contribution in [2.45, 2.75) is 139 Å². The van der Waals surface area contributed by atoms with Crippen molar-refractivity contribution in [1.29, 1.82) is 0 Å². The van der Waals surface area contributed by atoms with E-state index >= 15 is 0 Å². The maximum absolute atomic E-state index is 14.2. The topological polar surface area (TPSA) is 432 Å². The summed E-state index contributed by atoms with van der Waals surface area (Å²) in [4.78, 5) is 124. The molecule has 0 aliphatic carbocycles. The minimum absolute atomic E-state index is 0.0731. The molecule has 1 aliphatic rings. The molecule has 0 spiro atoms. The van der Waals surface area contributed by atoms with Crippen LogP contribution in [0, 0.1) is 5.92 Å². The van der Waals surface area contributed by atoms with E-state index in [0.717, 1.165) is 0 Å². The summed E-state index contributed by atoms with van der Waals surface area (Å²) in [6.07, 6.45) is -3.78. The predicted octanol–water partition coefficient (Wildman–Crippen LogP) is -6.84. The van der Waals surface area contributed by atoms with Crippen molar-refractivity contribution in [3.05, 3.63) is 35.9 Å². The monoisotopic (exact) mass is 963 g/mol. The lowest BCUT2D eigenvalue weighted by Gasteiger charge is -2.28. The Morgan fingerprint density at radius 3 is 1.59 bits per heavy atom. The van der Waals surface area contributed by atoms with Gasteiger partial charge in [0.05, 0.1) is 12.2 Å². The Balaban J connectivity index is 2.74. The van der Waals surface area contributed by atoms with E-state index < -0.39 is 126 Å². The molecule has 0 radical (unpaired) electrons. The lowest BCUT2D eigenvalue weighted by Crippen LogP contribution is -2.61. The van der Waals surface area contributed by atoms with Gasteiger partial charge in [0.1, 0.15) is 54.4 Å². The van der Waals surface area contributed by atoms with Gasteiger partial charge in [0.2, 0.25) is 53.2 Å². The molecular weight excluding hydrogens is 889 g/mol. The second-order valence-corrected chi connectivity index (χ2v) is 17.1. The van der Waals surface area contributed by atoms with Gasteiger partial charge in [-0.2, -0.15) is 0 Å². The van der Waals surface area contributed by atoms with E-state index in [1.54, 1.807) is 44.2 Å². The molecule has 0 bridgehead atoms. The lowest BCUT2D eigenvalue weighted by molar-refractivity contribution is -0.136. The quantitative estimate of drug-likeness (QED) is 0.0650. The van der Waals surface area contributed by atoms with Crippen LogP contribution in [-0.4, -0.2) is 163 Å². The Morgan fingerprint density at radius 1 is 0.632 bits per heavy atom. The number of nitrogens with two attached hydrogens (primary N) is 5. The third-order valence-corrected chi connectivity index (χ3v) is 10.9. The van der Waals surface area contributed by atoms with Gasteiger partial charge in [-0.1, -0.05) is 44.2 Å². The van der Waals surface area contributed by atoms with E-state index in [1.165, 1.54) is 13.8 Å². The predicted molar refractivity (Wildman–Crippen MR) is 249 cm³/mol. The average molecular weight is 963 g/mol. The van der Waals surface area contributed by atoms with Crippen LogP contribution in [0.1, 0.15) is 71.8 Å². The van der Waals surface area contributed by atoms with E-state index in [1.807, 2.05) is 0 Å². The molecule has 0 aromatic heterocycles. The summed E-state index contributed by atoms with van der Waals surface area (Å²) in [5.41, 5.74) is 29.6. The van der Waals surface area contributed by atoms with Crippen molar-refractivity contribution in [1.82, 2.24) is 47.9 Å². The molecule has 1 heterocycles. The van der Waals surface area contributed by atoms with Crippen molar-refractivity contribution in [3.63, 3.8) is 0 Å². The van der Waals surface area contributed by atoms with Gasteiger partial charge in [0.15, 0.2) is 0 Å². The fourth-order valence-electron chi connectivity index (χ4n) is 7.00.